The first-order valence-corrected chi connectivity index (χ1v) is 7.95. The van der Waals surface area contributed by atoms with Crippen LogP contribution >= 0.6 is 22.6 Å². The van der Waals surface area contributed by atoms with Crippen LogP contribution in [0.15, 0.2) is 0 Å². The number of halogens is 1. The Labute approximate surface area is 96.4 Å². The molecular weight excluding hydrogens is 295 g/mol. The molecule has 0 atom stereocenters. The number of hydrogen-bond donors (Lipinski definition) is 0. The van der Waals surface area contributed by atoms with Gasteiger partial charge in [-0.3, -0.25) is 0 Å². The fourth-order valence-electron chi connectivity index (χ4n) is 2.28. The van der Waals surface area contributed by atoms with Crippen LogP contribution < -0.4 is 0 Å². The topological polar surface area (TPSA) is 18.5 Å². The lowest BCUT2D eigenvalue weighted by Gasteiger charge is -2.38. The summed E-state index contributed by atoms with van der Waals surface area (Å²) in [6.45, 7) is 0. The first kappa shape index (κ1) is 11.9. The summed E-state index contributed by atoms with van der Waals surface area (Å²) in [7, 11) is 2.20. The molecule has 4 heteroatoms. The maximum Gasteiger partial charge on any atom is 0.328 e. The third kappa shape index (κ3) is 2.67. The van der Waals surface area contributed by atoms with Gasteiger partial charge in [-0.05, 0) is 12.8 Å². The maximum atomic E-state index is 5.55. The zero-order chi connectivity index (χ0) is 9.73. The van der Waals surface area contributed by atoms with E-state index < -0.39 is 9.28 Å². The molecular formula is C9H19IO2Si. The Morgan fingerprint density at radius 2 is 1.69 bits per heavy atom. The van der Waals surface area contributed by atoms with Crippen molar-refractivity contribution in [2.45, 2.75) is 37.1 Å². The lowest BCUT2D eigenvalue weighted by Crippen LogP contribution is -2.39. The molecule has 0 spiro atoms. The van der Waals surface area contributed by atoms with Crippen LogP contribution in [0.4, 0.5) is 0 Å². The van der Waals surface area contributed by atoms with Crippen molar-refractivity contribution in [1.29, 1.82) is 0 Å². The van der Waals surface area contributed by atoms with Crippen molar-refractivity contribution in [3.8, 4) is 0 Å². The van der Waals surface area contributed by atoms with Crippen LogP contribution in [-0.2, 0) is 8.85 Å². The normalized spacial score (nSPS) is 22.2. The third-order valence-corrected chi connectivity index (χ3v) is 8.03. The Morgan fingerprint density at radius 1 is 1.15 bits per heavy atom. The molecule has 0 aromatic carbocycles. The Hall–Kier alpha value is 0.867. The van der Waals surface area contributed by atoms with Crippen LogP contribution in [0, 0.1) is 0 Å². The molecule has 0 aromatic heterocycles. The van der Waals surface area contributed by atoms with Gasteiger partial charge in [0.1, 0.15) is 0 Å². The Kier molecular flexibility index (Phi) is 5.21. The van der Waals surface area contributed by atoms with Crippen LogP contribution in [0.25, 0.3) is 0 Å². The van der Waals surface area contributed by atoms with E-state index in [-0.39, 0.29) is 0 Å². The monoisotopic (exact) mass is 314 g/mol. The molecule has 0 unspecified atom stereocenters. The minimum Gasteiger partial charge on any atom is -0.400 e. The van der Waals surface area contributed by atoms with Gasteiger partial charge in [0.25, 0.3) is 0 Å². The maximum absolute atomic E-state index is 5.55. The van der Waals surface area contributed by atoms with E-state index in [1.165, 1.54) is 36.5 Å². The van der Waals surface area contributed by atoms with E-state index in [2.05, 4.69) is 22.6 Å². The van der Waals surface area contributed by atoms with Crippen molar-refractivity contribution in [2.24, 2.45) is 0 Å². The summed E-state index contributed by atoms with van der Waals surface area (Å²) in [6.07, 6.45) is 6.74. The minimum atomic E-state index is -1.42. The molecule has 78 valence electrons. The molecule has 0 heterocycles. The summed E-state index contributed by atoms with van der Waals surface area (Å²) in [5, 5.41) is 0.419. The van der Waals surface area contributed by atoms with Crippen molar-refractivity contribution in [3.63, 3.8) is 0 Å². The fraction of sp³-hybridized carbons (Fsp3) is 1.00. The minimum absolute atomic E-state index is 0.419. The lowest BCUT2D eigenvalue weighted by molar-refractivity contribution is 0.222. The zero-order valence-electron chi connectivity index (χ0n) is 8.51. The van der Waals surface area contributed by atoms with E-state index in [1.54, 1.807) is 0 Å². The molecule has 1 aliphatic carbocycles. The molecule has 1 aliphatic rings. The van der Waals surface area contributed by atoms with Crippen LogP contribution in [-0.4, -0.2) is 27.9 Å². The summed E-state index contributed by atoms with van der Waals surface area (Å²) < 4.78 is 12.3. The predicted octanol–water partition coefficient (Wildman–Crippen LogP) is 2.64. The Morgan fingerprint density at radius 3 is 2.08 bits per heavy atom. The molecule has 0 aromatic rings. The van der Waals surface area contributed by atoms with Gasteiger partial charge in [0.2, 0.25) is 0 Å². The van der Waals surface area contributed by atoms with E-state index in [1.807, 2.05) is 14.2 Å². The second-order valence-electron chi connectivity index (χ2n) is 3.86. The van der Waals surface area contributed by atoms with E-state index >= 15 is 0 Å². The van der Waals surface area contributed by atoms with Crippen LogP contribution in [0.2, 0.25) is 5.04 Å². The quantitative estimate of drug-likeness (QED) is 0.451. The molecule has 0 amide bonds. The standard InChI is InChI=1S/C9H19IO2Si/c1-11-13(12-2)9(8-10)6-4-3-5-7-9/h13H,3-8H2,1-2H3. The summed E-state index contributed by atoms with van der Waals surface area (Å²) in [6, 6.07) is 0. The van der Waals surface area contributed by atoms with Crippen LogP contribution in [0.1, 0.15) is 32.1 Å². The average Bonchev–Trinajstić information content (AvgIpc) is 2.21. The highest BCUT2D eigenvalue weighted by molar-refractivity contribution is 14.1. The van der Waals surface area contributed by atoms with Gasteiger partial charge in [0.05, 0.1) is 0 Å². The summed E-state index contributed by atoms with van der Waals surface area (Å²) in [5.74, 6) is 0. The second-order valence-corrected chi connectivity index (χ2v) is 7.45. The average molecular weight is 314 g/mol. The molecule has 0 bridgehead atoms. The van der Waals surface area contributed by atoms with E-state index in [0.717, 1.165) is 0 Å². The van der Waals surface area contributed by atoms with E-state index in [9.17, 15) is 0 Å². The van der Waals surface area contributed by atoms with Gasteiger partial charge in [-0.15, -0.1) is 0 Å². The number of rotatable bonds is 4. The van der Waals surface area contributed by atoms with Crippen molar-refractivity contribution < 1.29 is 8.85 Å². The molecule has 13 heavy (non-hydrogen) atoms. The fourth-order valence-corrected chi connectivity index (χ4v) is 6.32. The van der Waals surface area contributed by atoms with Gasteiger partial charge in [0, 0.05) is 23.7 Å². The molecule has 0 aliphatic heterocycles. The number of alkyl halides is 1. The molecule has 2 nitrogen and oxygen atoms in total. The molecule has 0 radical (unpaired) electrons. The first-order chi connectivity index (χ1) is 6.29. The SMILES string of the molecule is CO[SiH](OC)C1(CI)CCCCC1. The third-order valence-electron chi connectivity index (χ3n) is 3.04. The van der Waals surface area contributed by atoms with Gasteiger partial charge in [-0.2, -0.15) is 0 Å². The second kappa shape index (κ2) is 5.68. The molecule has 1 rings (SSSR count). The predicted molar refractivity (Wildman–Crippen MR) is 65.8 cm³/mol. The smallest absolute Gasteiger partial charge is 0.328 e. The Balaban J connectivity index is 2.64. The molecule has 0 saturated heterocycles. The Bertz CT molecular complexity index is 145. The van der Waals surface area contributed by atoms with E-state index in [4.69, 9.17) is 8.85 Å². The van der Waals surface area contributed by atoms with Gasteiger partial charge in [-0.1, -0.05) is 41.9 Å². The lowest BCUT2D eigenvalue weighted by atomic mass is 9.90. The van der Waals surface area contributed by atoms with Crippen molar-refractivity contribution >= 4 is 31.9 Å². The van der Waals surface area contributed by atoms with Crippen molar-refractivity contribution in [1.82, 2.24) is 0 Å². The van der Waals surface area contributed by atoms with Gasteiger partial charge in [-0.25, -0.2) is 0 Å². The molecule has 1 fully saturated rings. The largest absolute Gasteiger partial charge is 0.400 e. The van der Waals surface area contributed by atoms with Crippen molar-refractivity contribution in [3.05, 3.63) is 0 Å². The van der Waals surface area contributed by atoms with Crippen LogP contribution in [0.5, 0.6) is 0 Å². The van der Waals surface area contributed by atoms with Gasteiger partial charge >= 0.3 is 9.28 Å². The highest BCUT2D eigenvalue weighted by Crippen LogP contribution is 2.47. The summed E-state index contributed by atoms with van der Waals surface area (Å²) in [5.41, 5.74) is 0. The van der Waals surface area contributed by atoms with Gasteiger partial charge < -0.3 is 8.85 Å². The molecule has 0 N–H and O–H groups in total. The number of hydrogen-bond acceptors (Lipinski definition) is 2. The summed E-state index contributed by atoms with van der Waals surface area (Å²) >= 11 is 2.50. The first-order valence-electron chi connectivity index (χ1n) is 4.90. The summed E-state index contributed by atoms with van der Waals surface area (Å²) in [4.78, 5) is 0. The highest BCUT2D eigenvalue weighted by Gasteiger charge is 2.41. The van der Waals surface area contributed by atoms with Gasteiger partial charge in [0.15, 0.2) is 0 Å². The zero-order valence-corrected chi connectivity index (χ0v) is 11.8. The molecule has 1 saturated carbocycles. The van der Waals surface area contributed by atoms with Crippen LogP contribution in [0.3, 0.4) is 0 Å². The van der Waals surface area contributed by atoms with Crippen molar-refractivity contribution in [2.75, 3.05) is 18.6 Å². The highest BCUT2D eigenvalue weighted by atomic mass is 127. The van der Waals surface area contributed by atoms with E-state index in [0.29, 0.717) is 5.04 Å².